The van der Waals surface area contributed by atoms with Crippen LogP contribution < -0.4 is 0 Å². The van der Waals surface area contributed by atoms with Crippen molar-refractivity contribution in [3.63, 3.8) is 0 Å². The summed E-state index contributed by atoms with van der Waals surface area (Å²) in [5.74, 6) is -0.0764. The molecule has 0 radical (unpaired) electrons. The Morgan fingerprint density at radius 2 is 1.79 bits per heavy atom. The van der Waals surface area contributed by atoms with E-state index in [1.165, 1.54) is 30.6 Å². The third-order valence-corrected chi connectivity index (χ3v) is 6.40. The molecule has 2 fully saturated rings. The lowest BCUT2D eigenvalue weighted by molar-refractivity contribution is -0.138. The summed E-state index contributed by atoms with van der Waals surface area (Å²) < 4.78 is 52.3. The van der Waals surface area contributed by atoms with Gasteiger partial charge in [0.05, 0.1) is 11.1 Å². The molecule has 2 aromatic heterocycles. The van der Waals surface area contributed by atoms with Crippen molar-refractivity contribution in [1.29, 1.82) is 0 Å². The van der Waals surface area contributed by atoms with Gasteiger partial charge in [0, 0.05) is 48.9 Å². The fraction of sp³-hybridized carbons (Fsp3) is 0.348. The maximum absolute atomic E-state index is 14.0. The molecule has 0 spiro atoms. The van der Waals surface area contributed by atoms with Crippen molar-refractivity contribution >= 4 is 5.91 Å². The standard InChI is InChI=1S/C23H19F4N5O/c24-15-2-4-17(18(10-15)21-28-6-1-7-29-21)22(33)32-16-3-5-19(32)13(8-16)9-20-30-11-14(12-31-20)23(25,26)27/h1-2,4,6-7,10-13,16,19H,3,5,8-9H2. The van der Waals surface area contributed by atoms with Crippen LogP contribution in [0.3, 0.4) is 0 Å². The summed E-state index contributed by atoms with van der Waals surface area (Å²) in [6.45, 7) is 0. The molecule has 2 bridgehead atoms. The van der Waals surface area contributed by atoms with E-state index in [0.29, 0.717) is 23.4 Å². The number of rotatable bonds is 4. The molecular weight excluding hydrogens is 438 g/mol. The van der Waals surface area contributed by atoms with Crippen LogP contribution in [0.25, 0.3) is 11.4 Å². The number of benzene rings is 1. The SMILES string of the molecule is O=C(c1ccc(F)cc1-c1ncccn1)N1C2CCC1C(Cc1ncc(C(F)(F)F)cn1)C2. The molecule has 3 unspecified atom stereocenters. The van der Waals surface area contributed by atoms with E-state index < -0.39 is 17.6 Å². The molecule has 4 heterocycles. The molecule has 2 aliphatic rings. The van der Waals surface area contributed by atoms with Crippen molar-refractivity contribution in [2.45, 2.75) is 43.9 Å². The van der Waals surface area contributed by atoms with Gasteiger partial charge in [-0.25, -0.2) is 24.3 Å². The van der Waals surface area contributed by atoms with E-state index in [2.05, 4.69) is 19.9 Å². The number of nitrogens with zero attached hydrogens (tertiary/aromatic N) is 5. The number of hydrogen-bond acceptors (Lipinski definition) is 5. The highest BCUT2D eigenvalue weighted by Gasteiger charge is 2.49. The first kappa shape index (κ1) is 21.4. The zero-order chi connectivity index (χ0) is 23.2. The number of carbonyl (C=O) groups excluding carboxylic acids is 1. The van der Waals surface area contributed by atoms with Gasteiger partial charge in [0.15, 0.2) is 5.82 Å². The largest absolute Gasteiger partial charge is 0.419 e. The van der Waals surface area contributed by atoms with Gasteiger partial charge in [-0.1, -0.05) is 0 Å². The molecule has 2 aliphatic heterocycles. The first-order chi connectivity index (χ1) is 15.8. The molecule has 0 saturated carbocycles. The van der Waals surface area contributed by atoms with Gasteiger partial charge in [0.1, 0.15) is 11.6 Å². The van der Waals surface area contributed by atoms with Crippen LogP contribution in [0.15, 0.2) is 49.1 Å². The predicted octanol–water partition coefficient (Wildman–Crippen LogP) is 4.33. The molecular formula is C23H19F4N5O. The monoisotopic (exact) mass is 457 g/mol. The molecule has 1 aromatic carbocycles. The van der Waals surface area contributed by atoms with E-state index in [1.807, 2.05) is 4.90 Å². The van der Waals surface area contributed by atoms with Crippen LogP contribution in [-0.2, 0) is 12.6 Å². The third-order valence-electron chi connectivity index (χ3n) is 6.40. The number of hydrogen-bond donors (Lipinski definition) is 0. The average molecular weight is 457 g/mol. The molecule has 10 heteroatoms. The molecule has 1 amide bonds. The first-order valence-electron chi connectivity index (χ1n) is 10.6. The Hall–Kier alpha value is -3.43. The van der Waals surface area contributed by atoms with E-state index in [-0.39, 0.29) is 29.7 Å². The van der Waals surface area contributed by atoms with E-state index in [0.717, 1.165) is 31.7 Å². The highest BCUT2D eigenvalue weighted by molar-refractivity contribution is 6.00. The van der Waals surface area contributed by atoms with E-state index in [4.69, 9.17) is 0 Å². The number of fused-ring (bicyclic) bond motifs is 2. The number of alkyl halides is 3. The lowest BCUT2D eigenvalue weighted by Gasteiger charge is -2.25. The van der Waals surface area contributed by atoms with Gasteiger partial charge >= 0.3 is 6.18 Å². The van der Waals surface area contributed by atoms with Crippen LogP contribution >= 0.6 is 0 Å². The molecule has 5 rings (SSSR count). The minimum Gasteiger partial charge on any atom is -0.332 e. The van der Waals surface area contributed by atoms with Crippen LogP contribution in [0.5, 0.6) is 0 Å². The van der Waals surface area contributed by atoms with Gasteiger partial charge in [-0.15, -0.1) is 0 Å². The third kappa shape index (κ3) is 4.05. The quantitative estimate of drug-likeness (QED) is 0.546. The van der Waals surface area contributed by atoms with Crippen molar-refractivity contribution in [3.05, 3.63) is 71.8 Å². The van der Waals surface area contributed by atoms with Gasteiger partial charge < -0.3 is 4.90 Å². The smallest absolute Gasteiger partial charge is 0.332 e. The van der Waals surface area contributed by atoms with Gasteiger partial charge in [-0.3, -0.25) is 4.79 Å². The molecule has 0 N–H and O–H groups in total. The van der Waals surface area contributed by atoms with Crippen LogP contribution in [0.1, 0.15) is 41.0 Å². The van der Waals surface area contributed by atoms with Crippen LogP contribution in [-0.4, -0.2) is 42.8 Å². The summed E-state index contributed by atoms with van der Waals surface area (Å²) in [7, 11) is 0. The fourth-order valence-electron chi connectivity index (χ4n) is 4.96. The Bertz CT molecular complexity index is 1170. The molecule has 3 atom stereocenters. The molecule has 6 nitrogen and oxygen atoms in total. The molecule has 0 aliphatic carbocycles. The molecule has 2 saturated heterocycles. The molecule has 170 valence electrons. The number of amides is 1. The zero-order valence-corrected chi connectivity index (χ0v) is 17.3. The van der Waals surface area contributed by atoms with Crippen LogP contribution in [0, 0.1) is 11.7 Å². The summed E-state index contributed by atoms with van der Waals surface area (Å²) >= 11 is 0. The van der Waals surface area contributed by atoms with Crippen LogP contribution in [0.4, 0.5) is 17.6 Å². The second-order valence-corrected chi connectivity index (χ2v) is 8.36. The second kappa shape index (κ2) is 8.17. The average Bonchev–Trinajstić information content (AvgIpc) is 3.37. The highest BCUT2D eigenvalue weighted by atomic mass is 19.4. The first-order valence-corrected chi connectivity index (χ1v) is 10.6. The van der Waals surface area contributed by atoms with Gasteiger partial charge in [0.2, 0.25) is 0 Å². The van der Waals surface area contributed by atoms with E-state index in [9.17, 15) is 22.4 Å². The lowest BCUT2D eigenvalue weighted by Crippen LogP contribution is -2.37. The lowest BCUT2D eigenvalue weighted by atomic mass is 9.86. The Balaban J connectivity index is 1.38. The van der Waals surface area contributed by atoms with E-state index in [1.54, 1.807) is 6.07 Å². The summed E-state index contributed by atoms with van der Waals surface area (Å²) in [6, 6.07) is 5.52. The van der Waals surface area contributed by atoms with Crippen LogP contribution in [0.2, 0.25) is 0 Å². The maximum atomic E-state index is 14.0. The summed E-state index contributed by atoms with van der Waals surface area (Å²) in [5.41, 5.74) is -0.233. The Morgan fingerprint density at radius 1 is 1.06 bits per heavy atom. The number of halogens is 4. The topological polar surface area (TPSA) is 71.9 Å². The Kier molecular flexibility index (Phi) is 5.30. The Labute approximate surface area is 186 Å². The summed E-state index contributed by atoms with van der Waals surface area (Å²) in [4.78, 5) is 31.5. The number of carbonyl (C=O) groups is 1. The Morgan fingerprint density at radius 3 is 2.48 bits per heavy atom. The van der Waals surface area contributed by atoms with Gasteiger partial charge in [-0.2, -0.15) is 13.2 Å². The van der Waals surface area contributed by atoms with Crippen molar-refractivity contribution in [2.75, 3.05) is 0 Å². The minimum atomic E-state index is -4.48. The summed E-state index contributed by atoms with van der Waals surface area (Å²) in [5, 5.41) is 0. The fourth-order valence-corrected chi connectivity index (χ4v) is 4.96. The summed E-state index contributed by atoms with van der Waals surface area (Å²) in [6.07, 6.45) is 2.91. The van der Waals surface area contributed by atoms with Crippen molar-refractivity contribution in [2.24, 2.45) is 5.92 Å². The maximum Gasteiger partial charge on any atom is 0.419 e. The van der Waals surface area contributed by atoms with Gasteiger partial charge in [-0.05, 0) is 49.4 Å². The van der Waals surface area contributed by atoms with Crippen molar-refractivity contribution in [3.8, 4) is 11.4 Å². The van der Waals surface area contributed by atoms with E-state index >= 15 is 0 Å². The van der Waals surface area contributed by atoms with Crippen molar-refractivity contribution in [1.82, 2.24) is 24.8 Å². The second-order valence-electron chi connectivity index (χ2n) is 8.36. The van der Waals surface area contributed by atoms with Gasteiger partial charge in [0.25, 0.3) is 5.91 Å². The molecule has 33 heavy (non-hydrogen) atoms. The zero-order valence-electron chi connectivity index (χ0n) is 17.3. The molecule has 3 aromatic rings. The predicted molar refractivity (Wildman–Crippen MR) is 109 cm³/mol. The van der Waals surface area contributed by atoms with Crippen molar-refractivity contribution < 1.29 is 22.4 Å². The minimum absolute atomic E-state index is 0.0107. The normalized spacial score (nSPS) is 22.1. The highest BCUT2D eigenvalue weighted by Crippen LogP contribution is 2.44. The number of aromatic nitrogens is 4.